The Morgan fingerprint density at radius 2 is 1.34 bits per heavy atom. The first kappa shape index (κ1) is 60.5. The van der Waals surface area contributed by atoms with Crippen LogP contribution in [0.25, 0.3) is 32.7 Å². The largest absolute Gasteiger partial charge is 0.493 e. The van der Waals surface area contributed by atoms with Crippen molar-refractivity contribution in [3.05, 3.63) is 109 Å². The van der Waals surface area contributed by atoms with Crippen LogP contribution in [0.3, 0.4) is 0 Å². The van der Waals surface area contributed by atoms with Crippen LogP contribution in [0.1, 0.15) is 112 Å². The third-order valence-corrected chi connectivity index (χ3v) is 14.2. The second-order valence-corrected chi connectivity index (χ2v) is 24.0. The molecular formula is C62H83N4O9P. The van der Waals surface area contributed by atoms with Gasteiger partial charge in [0, 0.05) is 49.1 Å². The van der Waals surface area contributed by atoms with Gasteiger partial charge in [0.2, 0.25) is 5.91 Å². The first-order valence-electron chi connectivity index (χ1n) is 27.1. The zero-order valence-corrected chi connectivity index (χ0v) is 47.3. The molecule has 76 heavy (non-hydrogen) atoms. The lowest BCUT2D eigenvalue weighted by atomic mass is 9.85. The average molecular weight is 1060 g/mol. The van der Waals surface area contributed by atoms with E-state index in [-0.39, 0.29) is 64.3 Å². The fourth-order valence-corrected chi connectivity index (χ4v) is 9.74. The van der Waals surface area contributed by atoms with Gasteiger partial charge in [0.05, 0.1) is 24.4 Å². The van der Waals surface area contributed by atoms with Crippen molar-refractivity contribution in [2.24, 2.45) is 34.4 Å². The predicted octanol–water partition coefficient (Wildman–Crippen LogP) is 12.5. The Hall–Kier alpha value is -6.33. The van der Waals surface area contributed by atoms with Crippen LogP contribution in [0, 0.1) is 23.7 Å². The van der Waals surface area contributed by atoms with Crippen LogP contribution >= 0.6 is 7.92 Å². The summed E-state index contributed by atoms with van der Waals surface area (Å²) >= 11 is 0. The van der Waals surface area contributed by atoms with E-state index in [0.717, 1.165) is 44.7 Å². The number of esters is 1. The number of carbonyl (C=O) groups is 5. The number of amides is 2. The van der Waals surface area contributed by atoms with Crippen LogP contribution in [-0.4, -0.2) is 92.8 Å². The van der Waals surface area contributed by atoms with E-state index in [4.69, 9.17) is 24.7 Å². The van der Waals surface area contributed by atoms with Crippen LogP contribution in [-0.2, 0) is 35.3 Å². The summed E-state index contributed by atoms with van der Waals surface area (Å²) in [6.45, 7) is 18.8. The number of amidine groups is 1. The second-order valence-electron chi connectivity index (χ2n) is 21.6. The smallest absolute Gasteiger partial charge is 0.407 e. The summed E-state index contributed by atoms with van der Waals surface area (Å²) in [6, 6.07) is 32.5. The van der Waals surface area contributed by atoms with E-state index >= 15 is 0 Å². The van der Waals surface area contributed by atoms with Gasteiger partial charge in [-0.05, 0) is 117 Å². The van der Waals surface area contributed by atoms with Crippen molar-refractivity contribution in [3.63, 3.8) is 0 Å². The third-order valence-electron chi connectivity index (χ3n) is 13.3. The molecule has 4 atom stereocenters. The van der Waals surface area contributed by atoms with Crippen molar-refractivity contribution in [1.29, 1.82) is 0 Å². The molecule has 5 aromatic rings. The highest BCUT2D eigenvalue weighted by molar-refractivity contribution is 7.57. The summed E-state index contributed by atoms with van der Waals surface area (Å²) in [4.78, 5) is 74.3. The molecule has 14 heteroatoms. The summed E-state index contributed by atoms with van der Waals surface area (Å²) in [5.74, 6) is -1.14. The first-order chi connectivity index (χ1) is 36.3. The monoisotopic (exact) mass is 1060 g/mol. The Bertz CT molecular complexity index is 2720. The third kappa shape index (κ3) is 19.7. The summed E-state index contributed by atoms with van der Waals surface area (Å²) < 4.78 is 24.3. The molecule has 0 aliphatic heterocycles. The lowest BCUT2D eigenvalue weighted by Crippen LogP contribution is -2.45. The predicted molar refractivity (Wildman–Crippen MR) is 309 cm³/mol. The number of ether oxygens (including phenoxy) is 4. The Morgan fingerprint density at radius 1 is 0.724 bits per heavy atom. The molecule has 0 heterocycles. The molecule has 410 valence electrons. The van der Waals surface area contributed by atoms with Crippen LogP contribution in [0.15, 0.2) is 108 Å². The Kier molecular flexibility index (Phi) is 24.2. The Labute approximate surface area is 452 Å². The maximum Gasteiger partial charge on any atom is 0.407 e. The summed E-state index contributed by atoms with van der Waals surface area (Å²) in [6.07, 6.45) is 3.28. The van der Waals surface area contributed by atoms with Crippen molar-refractivity contribution in [2.75, 3.05) is 45.8 Å². The van der Waals surface area contributed by atoms with Crippen LogP contribution in [0.5, 0.6) is 11.5 Å². The lowest BCUT2D eigenvalue weighted by molar-refractivity contribution is -0.153. The Balaban J connectivity index is 1.42. The molecule has 0 fully saturated rings. The maximum atomic E-state index is 14.7. The van der Waals surface area contributed by atoms with Crippen molar-refractivity contribution >= 4 is 64.8 Å². The van der Waals surface area contributed by atoms with Gasteiger partial charge in [-0.3, -0.25) is 24.2 Å². The van der Waals surface area contributed by atoms with Gasteiger partial charge in [0.25, 0.3) is 0 Å². The molecule has 0 aliphatic rings. The number of unbranched alkanes of at least 4 members (excludes halogenated alkanes) is 1. The number of hydrogen-bond acceptors (Lipinski definition) is 10. The highest BCUT2D eigenvalue weighted by Crippen LogP contribution is 2.45. The van der Waals surface area contributed by atoms with E-state index in [1.54, 1.807) is 20.8 Å². The topological polar surface area (TPSA) is 185 Å². The number of nitrogens with one attached hydrogen (secondary N) is 2. The molecule has 0 saturated carbocycles. The zero-order chi connectivity index (χ0) is 55.2. The first-order valence-corrected chi connectivity index (χ1v) is 29.5. The van der Waals surface area contributed by atoms with Gasteiger partial charge in [-0.1, -0.05) is 132 Å². The molecule has 0 bridgehead atoms. The van der Waals surface area contributed by atoms with Crippen molar-refractivity contribution in [1.82, 2.24) is 10.6 Å². The molecule has 5 rings (SSSR count). The summed E-state index contributed by atoms with van der Waals surface area (Å²) in [5.41, 5.74) is 8.06. The zero-order valence-electron chi connectivity index (χ0n) is 46.5. The molecule has 1 unspecified atom stereocenters. The quantitative estimate of drug-likeness (QED) is 0.0127. The number of nitrogens with zero attached hydrogens (tertiary/aromatic N) is 1. The van der Waals surface area contributed by atoms with Gasteiger partial charge < -0.3 is 35.3 Å². The van der Waals surface area contributed by atoms with Gasteiger partial charge in [0.1, 0.15) is 30.3 Å². The highest BCUT2D eigenvalue weighted by atomic mass is 31.1. The number of rotatable bonds is 31. The van der Waals surface area contributed by atoms with Gasteiger partial charge in [-0.15, -0.1) is 7.92 Å². The fourth-order valence-electron chi connectivity index (χ4n) is 8.99. The number of benzene rings is 5. The van der Waals surface area contributed by atoms with E-state index in [1.807, 2.05) is 98.8 Å². The molecule has 0 aliphatic carbocycles. The summed E-state index contributed by atoms with van der Waals surface area (Å²) in [7, 11) is -0.297. The van der Waals surface area contributed by atoms with Crippen LogP contribution in [0.2, 0.25) is 0 Å². The van der Waals surface area contributed by atoms with Crippen molar-refractivity contribution < 1.29 is 42.9 Å². The standard InChI is InChI=1S/C62H83N4O9P/c1-10-43(4)51(60(70)74-39-44-21-12-11-13-22-44)38-53(68)52(28-20-35-64-56(63)41-76(8)9)66-59(69)47(25-18-19-34-65-61(71)75-62(5,6)7)37-48(67)40-73-55-32-30-46-24-15-17-27-50(46)58(55)57-49-26-16-14-23-45(49)29-31-54(57)72-36-33-42(2)3/h11-17,21-24,26-27,29-32,42-43,47,51-52H,10,18-20,25,28,33-41H2,1-9H3,(H2,63,64)(H,65,71)(H,66,69)/t43?,47-,51-,52+/m0/s1. The molecule has 0 radical (unpaired) electrons. The minimum absolute atomic E-state index is 0.0735. The number of ketones is 2. The van der Waals surface area contributed by atoms with Gasteiger partial charge in [-0.25, -0.2) is 4.79 Å². The molecule has 4 N–H and O–H groups in total. The molecule has 5 aromatic carbocycles. The Morgan fingerprint density at radius 3 is 1.95 bits per heavy atom. The molecule has 0 spiro atoms. The molecular weight excluding hydrogens is 976 g/mol. The molecule has 2 amide bonds. The molecule has 0 aromatic heterocycles. The highest BCUT2D eigenvalue weighted by Gasteiger charge is 2.33. The number of carbonyl (C=O) groups excluding carboxylic acids is 5. The number of fused-ring (bicyclic) bond motifs is 2. The van der Waals surface area contributed by atoms with Gasteiger partial charge in [-0.2, -0.15) is 0 Å². The minimum atomic E-state index is -0.979. The normalized spacial score (nSPS) is 13.5. The molecule has 0 saturated heterocycles. The summed E-state index contributed by atoms with van der Waals surface area (Å²) in [5, 5.41) is 9.75. The van der Waals surface area contributed by atoms with E-state index in [0.29, 0.717) is 74.8 Å². The van der Waals surface area contributed by atoms with E-state index in [9.17, 15) is 24.0 Å². The van der Waals surface area contributed by atoms with Gasteiger partial charge >= 0.3 is 12.1 Å². The van der Waals surface area contributed by atoms with E-state index < -0.39 is 41.4 Å². The second kappa shape index (κ2) is 30.4. The average Bonchev–Trinajstić information content (AvgIpc) is 3.41. The van der Waals surface area contributed by atoms with E-state index in [1.165, 1.54) is 0 Å². The number of hydrogen-bond donors (Lipinski definition) is 3. The molecule has 13 nitrogen and oxygen atoms in total. The van der Waals surface area contributed by atoms with Crippen LogP contribution in [0.4, 0.5) is 4.79 Å². The fraction of sp³-hybridized carbons (Fsp3) is 0.484. The lowest BCUT2D eigenvalue weighted by Gasteiger charge is -2.25. The van der Waals surface area contributed by atoms with Crippen LogP contribution < -0.4 is 25.8 Å². The number of nitrogens with two attached hydrogens (primary N) is 1. The van der Waals surface area contributed by atoms with E-state index in [2.05, 4.69) is 61.0 Å². The minimum Gasteiger partial charge on any atom is -0.493 e. The van der Waals surface area contributed by atoms with Crippen molar-refractivity contribution in [3.8, 4) is 22.6 Å². The number of aliphatic imine (C=N–C) groups is 1. The SMILES string of the molecule is CCC(C)[C@H](CC(=O)[C@@H](CCCN=C(N)CP(C)C)NC(=O)[C@@H](CCCCNC(=O)OC(C)(C)C)CC(=O)COc1ccc2ccccc2c1-c1c(OCCC(C)C)ccc2ccccc12)C(=O)OCc1ccccc1. The van der Waals surface area contributed by atoms with Gasteiger partial charge in [0.15, 0.2) is 11.6 Å². The van der Waals surface area contributed by atoms with Crippen molar-refractivity contribution in [2.45, 2.75) is 125 Å². The number of alkyl carbamates (subject to hydrolysis) is 1. The maximum absolute atomic E-state index is 14.7. The number of Topliss-reactive ketones (excluding diaryl/α,β-unsaturated/α-hetero) is 2.